The van der Waals surface area contributed by atoms with Gasteiger partial charge >= 0.3 is 0 Å². The van der Waals surface area contributed by atoms with Gasteiger partial charge in [-0.3, -0.25) is 0 Å². The lowest BCUT2D eigenvalue weighted by atomic mass is 9.96. The first-order valence-electron chi connectivity index (χ1n) is 15.9. The molecule has 3 heterocycles. The van der Waals surface area contributed by atoms with Gasteiger partial charge in [0.05, 0.1) is 11.2 Å². The number of hydrogen-bond donors (Lipinski definition) is 0. The monoisotopic (exact) mass is 633 g/mol. The van der Waals surface area contributed by atoms with E-state index in [0.29, 0.717) is 0 Å². The van der Waals surface area contributed by atoms with Crippen molar-refractivity contribution >= 4 is 54.2 Å². The van der Waals surface area contributed by atoms with Gasteiger partial charge in [0.2, 0.25) is 0 Å². The van der Waals surface area contributed by atoms with E-state index in [1.807, 2.05) is 23.1 Å². The second kappa shape index (κ2) is 10.6. The molecule has 47 heavy (non-hydrogen) atoms. The number of fused-ring (bicyclic) bond motifs is 10. The van der Waals surface area contributed by atoms with E-state index in [-0.39, 0.29) is 0 Å². The average molecular weight is 634 g/mol. The fraction of sp³-hybridized carbons (Fsp3) is 0. The Balaban J connectivity index is 1.30. The number of aromatic nitrogens is 1. The Morgan fingerprint density at radius 2 is 1.04 bits per heavy atom. The minimum Gasteiger partial charge on any atom is -0.308 e. The maximum Gasteiger partial charge on any atom is 0.0631 e. The van der Waals surface area contributed by atoms with E-state index in [9.17, 15) is 0 Å². The smallest absolute Gasteiger partial charge is 0.0631 e. The molecule has 0 N–H and O–H groups in total. The maximum atomic E-state index is 2.54. The van der Waals surface area contributed by atoms with Crippen LogP contribution in [-0.2, 0) is 0 Å². The largest absolute Gasteiger partial charge is 0.308 e. The average Bonchev–Trinajstić information content (AvgIpc) is 3.64. The normalized spacial score (nSPS) is 12.2. The molecule has 0 saturated carbocycles. The summed E-state index contributed by atoms with van der Waals surface area (Å²) in [6.07, 6.45) is 0. The van der Waals surface area contributed by atoms with Crippen molar-refractivity contribution in [3.63, 3.8) is 0 Å². The second-order valence-corrected chi connectivity index (χ2v) is 14.2. The van der Waals surface area contributed by atoms with Crippen LogP contribution in [0.4, 0.5) is 0 Å². The number of nitrogens with zero attached hydrogens (tertiary/aromatic N) is 1. The Morgan fingerprint density at radius 3 is 1.94 bits per heavy atom. The summed E-state index contributed by atoms with van der Waals surface area (Å²) in [6.45, 7) is 0. The zero-order valence-electron chi connectivity index (χ0n) is 25.4. The molecule has 7 aromatic carbocycles. The third kappa shape index (κ3) is 4.17. The highest BCUT2D eigenvalue weighted by Crippen LogP contribution is 2.53. The van der Waals surface area contributed by atoms with Crippen LogP contribution in [0.1, 0.15) is 0 Å². The summed E-state index contributed by atoms with van der Waals surface area (Å²) in [4.78, 5) is 2.56. The zero-order valence-corrected chi connectivity index (χ0v) is 27.0. The van der Waals surface area contributed by atoms with Gasteiger partial charge in [0.1, 0.15) is 0 Å². The Hall–Kier alpha value is -5.35. The summed E-state index contributed by atoms with van der Waals surface area (Å²) in [6, 6.07) is 60.2. The lowest BCUT2D eigenvalue weighted by Gasteiger charge is -2.16. The summed E-state index contributed by atoms with van der Waals surface area (Å²) < 4.78 is 5.20. The molecule has 0 atom stereocenters. The molecule has 0 radical (unpaired) electrons. The van der Waals surface area contributed by atoms with Crippen LogP contribution in [0.5, 0.6) is 0 Å². The molecule has 0 saturated heterocycles. The molecule has 10 rings (SSSR count). The van der Waals surface area contributed by atoms with Gasteiger partial charge in [-0.1, -0.05) is 133 Å². The zero-order chi connectivity index (χ0) is 30.9. The lowest BCUT2D eigenvalue weighted by molar-refractivity contribution is 1.13. The van der Waals surface area contributed by atoms with Gasteiger partial charge < -0.3 is 4.57 Å². The van der Waals surface area contributed by atoms with Crippen molar-refractivity contribution in [1.29, 1.82) is 0 Å². The summed E-state index contributed by atoms with van der Waals surface area (Å²) in [5.74, 6) is 0. The highest BCUT2D eigenvalue weighted by atomic mass is 32.2. The summed E-state index contributed by atoms with van der Waals surface area (Å²) in [5.41, 5.74) is 12.4. The second-order valence-electron chi connectivity index (χ2n) is 12.1. The first kappa shape index (κ1) is 26.8. The molecule has 2 aromatic heterocycles. The molecule has 9 aromatic rings. The minimum absolute atomic E-state index is 1.16. The van der Waals surface area contributed by atoms with Gasteiger partial charge in [-0.25, -0.2) is 0 Å². The van der Waals surface area contributed by atoms with Crippen LogP contribution in [0.3, 0.4) is 0 Å². The molecule has 0 bridgehead atoms. The topological polar surface area (TPSA) is 4.93 Å². The summed E-state index contributed by atoms with van der Waals surface area (Å²) in [7, 11) is 0. The van der Waals surface area contributed by atoms with Gasteiger partial charge in [-0.15, -0.1) is 11.3 Å². The van der Waals surface area contributed by atoms with Crippen LogP contribution < -0.4 is 0 Å². The van der Waals surface area contributed by atoms with Gasteiger partial charge in [-0.05, 0) is 64.7 Å². The van der Waals surface area contributed by atoms with Crippen LogP contribution in [0.25, 0.3) is 81.4 Å². The molecule has 1 aliphatic rings. The number of thiophene rings is 1. The van der Waals surface area contributed by atoms with Crippen LogP contribution in [0.15, 0.2) is 174 Å². The van der Waals surface area contributed by atoms with E-state index in [0.717, 1.165) is 5.69 Å². The van der Waals surface area contributed by atoms with E-state index in [2.05, 4.69) is 168 Å². The van der Waals surface area contributed by atoms with E-state index in [1.54, 1.807) is 0 Å². The molecule has 1 nitrogen and oxygen atoms in total. The molecule has 0 aliphatic carbocycles. The Bertz CT molecular complexity index is 2660. The fourth-order valence-electron chi connectivity index (χ4n) is 7.34. The Morgan fingerprint density at radius 1 is 0.404 bits per heavy atom. The van der Waals surface area contributed by atoms with E-state index >= 15 is 0 Å². The van der Waals surface area contributed by atoms with E-state index < -0.39 is 0 Å². The Labute approximate surface area is 281 Å². The third-order valence-electron chi connectivity index (χ3n) is 9.41. The molecule has 220 valence electrons. The van der Waals surface area contributed by atoms with E-state index in [1.165, 1.54) is 85.5 Å². The van der Waals surface area contributed by atoms with Crippen molar-refractivity contribution in [3.8, 4) is 50.3 Å². The van der Waals surface area contributed by atoms with Gasteiger partial charge in [0, 0.05) is 57.7 Å². The quantitative estimate of drug-likeness (QED) is 0.187. The highest BCUT2D eigenvalue weighted by Gasteiger charge is 2.29. The number of para-hydroxylation sites is 1. The standard InChI is InChI=1S/C44H27NS2/c1-2-12-28(13-3-1)32-19-11-20-36-42-34-17-5-8-22-39(34)47-40-23-9-6-18-35(40)44(42)45(43(32)36)31-15-10-14-29(26-31)30-24-25-41-37(27-30)33-16-4-7-21-38(33)46-41/h1-27H. The van der Waals surface area contributed by atoms with Crippen LogP contribution >= 0.6 is 23.1 Å². The number of benzene rings is 7. The van der Waals surface area contributed by atoms with Crippen molar-refractivity contribution in [3.05, 3.63) is 164 Å². The van der Waals surface area contributed by atoms with Crippen molar-refractivity contribution in [2.45, 2.75) is 9.79 Å². The lowest BCUT2D eigenvalue weighted by Crippen LogP contribution is -1.99. The molecule has 0 amide bonds. The molecular formula is C44H27NS2. The van der Waals surface area contributed by atoms with Crippen LogP contribution in [-0.4, -0.2) is 4.57 Å². The van der Waals surface area contributed by atoms with Crippen molar-refractivity contribution in [1.82, 2.24) is 4.57 Å². The maximum absolute atomic E-state index is 2.54. The molecular weight excluding hydrogens is 607 g/mol. The molecule has 0 unspecified atom stereocenters. The van der Waals surface area contributed by atoms with Crippen molar-refractivity contribution < 1.29 is 0 Å². The summed E-state index contributed by atoms with van der Waals surface area (Å²) >= 11 is 3.73. The minimum atomic E-state index is 1.16. The van der Waals surface area contributed by atoms with Crippen LogP contribution in [0.2, 0.25) is 0 Å². The van der Waals surface area contributed by atoms with Crippen molar-refractivity contribution in [2.24, 2.45) is 0 Å². The molecule has 3 heteroatoms. The van der Waals surface area contributed by atoms with Gasteiger partial charge in [-0.2, -0.15) is 0 Å². The predicted octanol–water partition coefficient (Wildman–Crippen LogP) is 13.1. The summed E-state index contributed by atoms with van der Waals surface area (Å²) in [5, 5.41) is 3.91. The number of rotatable bonds is 3. The first-order chi connectivity index (χ1) is 23.3. The number of hydrogen-bond acceptors (Lipinski definition) is 2. The van der Waals surface area contributed by atoms with Gasteiger partial charge in [0.25, 0.3) is 0 Å². The van der Waals surface area contributed by atoms with E-state index in [4.69, 9.17) is 0 Å². The van der Waals surface area contributed by atoms with Gasteiger partial charge in [0.15, 0.2) is 0 Å². The van der Waals surface area contributed by atoms with Crippen molar-refractivity contribution in [2.75, 3.05) is 0 Å². The highest BCUT2D eigenvalue weighted by molar-refractivity contribution is 7.99. The fourth-order valence-corrected chi connectivity index (χ4v) is 9.51. The molecule has 0 fully saturated rings. The molecule has 0 spiro atoms. The van der Waals surface area contributed by atoms with Crippen LogP contribution in [0, 0.1) is 0 Å². The predicted molar refractivity (Wildman–Crippen MR) is 202 cm³/mol. The SMILES string of the molecule is c1ccc(-c2cccc3c4c(n(-c5cccc(-c6ccc7sc8ccccc8c7c6)c5)c23)-c2ccccc2Sc2ccccc2-4)cc1. The first-order valence-corrected chi connectivity index (χ1v) is 17.6. The molecule has 1 aliphatic heterocycles. The third-order valence-corrected chi connectivity index (χ3v) is 11.7. The Kier molecular flexibility index (Phi) is 6.05.